The fourth-order valence-corrected chi connectivity index (χ4v) is 2.74. The van der Waals surface area contributed by atoms with Crippen LogP contribution in [0.1, 0.15) is 52.4 Å². The Morgan fingerprint density at radius 3 is 2.10 bits per heavy atom. The largest absolute Gasteiger partial charge is 0.480 e. The minimum absolute atomic E-state index is 0.177. The summed E-state index contributed by atoms with van der Waals surface area (Å²) in [4.78, 5) is 59.0. The third kappa shape index (κ3) is 13.2. The van der Waals surface area contributed by atoms with Crippen molar-refractivity contribution in [2.45, 2.75) is 70.5 Å². The van der Waals surface area contributed by atoms with E-state index in [4.69, 9.17) is 17.2 Å². The molecule has 0 heterocycles. The number of carbonyl (C=O) groups is 5. The normalized spacial score (nSPS) is 13.7. The van der Waals surface area contributed by atoms with Gasteiger partial charge in [-0.3, -0.25) is 19.2 Å². The quantitative estimate of drug-likeness (QED) is 0.131. The number of rotatable bonds is 16. The van der Waals surface area contributed by atoms with Crippen molar-refractivity contribution in [2.75, 3.05) is 13.1 Å². The van der Waals surface area contributed by atoms with E-state index in [2.05, 4.69) is 16.0 Å². The van der Waals surface area contributed by atoms with Gasteiger partial charge in [0.25, 0.3) is 0 Å². The predicted octanol–water partition coefficient (Wildman–Crippen LogP) is -2.08. The molecular weight excluding hydrogens is 408 g/mol. The second kappa shape index (κ2) is 15.1. The molecule has 0 bridgehead atoms. The van der Waals surface area contributed by atoms with Crippen molar-refractivity contribution >= 4 is 29.6 Å². The molecule has 0 radical (unpaired) electrons. The molecule has 3 atom stereocenters. The fourth-order valence-electron chi connectivity index (χ4n) is 2.74. The highest BCUT2D eigenvalue weighted by Crippen LogP contribution is 2.05. The van der Waals surface area contributed by atoms with E-state index in [0.29, 0.717) is 25.8 Å². The minimum atomic E-state index is -1.33. The standard InChI is InChI=1S/C19H36N6O6/c1-11(2)9-12(21)17(28)23-10-16(27)24-13(5-3-4-8-20)18(29)25-14(19(30)31)6-7-15(22)26/h11-14H,3-10,20-21H2,1-2H3,(H2,22,26)(H,23,28)(H,24,27)(H,25,29)(H,30,31). The van der Waals surface area contributed by atoms with Crippen LogP contribution in [-0.2, 0) is 24.0 Å². The third-order valence-electron chi connectivity index (χ3n) is 4.38. The van der Waals surface area contributed by atoms with E-state index in [-0.39, 0.29) is 31.7 Å². The number of carbonyl (C=O) groups excluding carboxylic acids is 4. The molecule has 178 valence electrons. The van der Waals surface area contributed by atoms with Crippen LogP contribution >= 0.6 is 0 Å². The summed E-state index contributed by atoms with van der Waals surface area (Å²) in [5.74, 6) is -3.63. The zero-order chi connectivity index (χ0) is 24.0. The van der Waals surface area contributed by atoms with Gasteiger partial charge in [-0.25, -0.2) is 4.79 Å². The van der Waals surface area contributed by atoms with Gasteiger partial charge in [0, 0.05) is 6.42 Å². The van der Waals surface area contributed by atoms with Crippen molar-refractivity contribution in [3.8, 4) is 0 Å². The van der Waals surface area contributed by atoms with E-state index in [9.17, 15) is 29.1 Å². The van der Waals surface area contributed by atoms with E-state index >= 15 is 0 Å². The Balaban J connectivity index is 4.93. The molecule has 4 amide bonds. The predicted molar refractivity (Wildman–Crippen MR) is 113 cm³/mol. The first kappa shape index (κ1) is 28.3. The van der Waals surface area contributed by atoms with Crippen LogP contribution in [0, 0.1) is 5.92 Å². The maximum atomic E-state index is 12.6. The number of nitrogens with two attached hydrogens (primary N) is 3. The van der Waals surface area contributed by atoms with Crippen LogP contribution in [0.15, 0.2) is 0 Å². The van der Waals surface area contributed by atoms with E-state index in [1.165, 1.54) is 0 Å². The SMILES string of the molecule is CC(C)CC(N)C(=O)NCC(=O)NC(CCCCN)C(=O)NC(CCC(N)=O)C(=O)O. The Labute approximate surface area is 182 Å². The zero-order valence-electron chi connectivity index (χ0n) is 18.2. The molecule has 0 aromatic heterocycles. The second-order valence-electron chi connectivity index (χ2n) is 7.76. The first-order valence-corrected chi connectivity index (χ1v) is 10.3. The van der Waals surface area contributed by atoms with Crippen molar-refractivity contribution in [1.82, 2.24) is 16.0 Å². The lowest BCUT2D eigenvalue weighted by Crippen LogP contribution is -2.53. The van der Waals surface area contributed by atoms with Gasteiger partial charge in [-0.1, -0.05) is 13.8 Å². The molecule has 0 aliphatic carbocycles. The number of amides is 4. The van der Waals surface area contributed by atoms with Crippen LogP contribution in [0.3, 0.4) is 0 Å². The lowest BCUT2D eigenvalue weighted by Gasteiger charge is -2.22. The number of aliphatic carboxylic acids is 1. The number of unbranched alkanes of at least 4 members (excludes halogenated alkanes) is 1. The highest BCUT2D eigenvalue weighted by Gasteiger charge is 2.27. The van der Waals surface area contributed by atoms with Crippen molar-refractivity contribution in [3.63, 3.8) is 0 Å². The fraction of sp³-hybridized carbons (Fsp3) is 0.737. The summed E-state index contributed by atoms with van der Waals surface area (Å²) in [6.07, 6.45) is 1.40. The summed E-state index contributed by atoms with van der Waals surface area (Å²) < 4.78 is 0. The van der Waals surface area contributed by atoms with Gasteiger partial charge in [-0.15, -0.1) is 0 Å². The molecule has 10 N–H and O–H groups in total. The van der Waals surface area contributed by atoms with E-state index in [0.717, 1.165) is 0 Å². The van der Waals surface area contributed by atoms with Gasteiger partial charge in [-0.2, -0.15) is 0 Å². The average Bonchev–Trinajstić information content (AvgIpc) is 2.67. The van der Waals surface area contributed by atoms with Gasteiger partial charge in [-0.05, 0) is 44.6 Å². The number of hydrogen-bond acceptors (Lipinski definition) is 7. The molecule has 0 aromatic carbocycles. The van der Waals surface area contributed by atoms with Crippen LogP contribution in [0.5, 0.6) is 0 Å². The Hall–Kier alpha value is -2.73. The highest BCUT2D eigenvalue weighted by molar-refractivity contribution is 5.92. The van der Waals surface area contributed by atoms with E-state index < -0.39 is 47.7 Å². The second-order valence-corrected chi connectivity index (χ2v) is 7.76. The summed E-state index contributed by atoms with van der Waals surface area (Å²) in [5, 5.41) is 16.5. The molecule has 0 aliphatic rings. The van der Waals surface area contributed by atoms with E-state index in [1.54, 1.807) is 0 Å². The van der Waals surface area contributed by atoms with Crippen LogP contribution in [0.25, 0.3) is 0 Å². The van der Waals surface area contributed by atoms with Gasteiger partial charge in [0.05, 0.1) is 12.6 Å². The molecule has 0 fully saturated rings. The molecule has 12 nitrogen and oxygen atoms in total. The number of carboxylic acids is 1. The molecular formula is C19H36N6O6. The smallest absolute Gasteiger partial charge is 0.326 e. The summed E-state index contributed by atoms with van der Waals surface area (Å²) in [6, 6.07) is -3.11. The molecule has 0 spiro atoms. The molecule has 31 heavy (non-hydrogen) atoms. The minimum Gasteiger partial charge on any atom is -0.480 e. The number of hydrogen-bond donors (Lipinski definition) is 7. The van der Waals surface area contributed by atoms with E-state index in [1.807, 2.05) is 13.8 Å². The molecule has 0 saturated carbocycles. The topological polar surface area (TPSA) is 220 Å². The molecule has 0 rings (SSSR count). The van der Waals surface area contributed by atoms with Crippen LogP contribution in [0.4, 0.5) is 0 Å². The van der Waals surface area contributed by atoms with Crippen LogP contribution in [-0.4, -0.2) is 65.9 Å². The van der Waals surface area contributed by atoms with Crippen molar-refractivity contribution in [3.05, 3.63) is 0 Å². The van der Waals surface area contributed by atoms with Crippen LogP contribution in [0.2, 0.25) is 0 Å². The summed E-state index contributed by atoms with van der Waals surface area (Å²) >= 11 is 0. The lowest BCUT2D eigenvalue weighted by atomic mass is 10.0. The third-order valence-corrected chi connectivity index (χ3v) is 4.38. The first-order chi connectivity index (χ1) is 14.5. The molecule has 3 unspecified atom stereocenters. The lowest BCUT2D eigenvalue weighted by molar-refractivity contribution is -0.142. The van der Waals surface area contributed by atoms with Crippen molar-refractivity contribution in [1.29, 1.82) is 0 Å². The Bertz CT molecular complexity index is 627. The maximum Gasteiger partial charge on any atom is 0.326 e. The van der Waals surface area contributed by atoms with Crippen molar-refractivity contribution < 1.29 is 29.1 Å². The Morgan fingerprint density at radius 2 is 1.58 bits per heavy atom. The van der Waals surface area contributed by atoms with Gasteiger partial charge in [0.2, 0.25) is 23.6 Å². The van der Waals surface area contributed by atoms with Gasteiger partial charge in [0.1, 0.15) is 12.1 Å². The Kier molecular flexibility index (Phi) is 13.8. The van der Waals surface area contributed by atoms with Gasteiger partial charge in [0.15, 0.2) is 0 Å². The molecule has 0 aliphatic heterocycles. The first-order valence-electron chi connectivity index (χ1n) is 10.3. The summed E-state index contributed by atoms with van der Waals surface area (Å²) in [7, 11) is 0. The van der Waals surface area contributed by atoms with Crippen LogP contribution < -0.4 is 33.2 Å². The zero-order valence-corrected chi connectivity index (χ0v) is 18.2. The number of carboxylic acid groups (broad SMARTS) is 1. The average molecular weight is 445 g/mol. The summed E-state index contributed by atoms with van der Waals surface area (Å²) in [6.45, 7) is 3.84. The molecule has 0 saturated heterocycles. The number of primary amides is 1. The van der Waals surface area contributed by atoms with Gasteiger partial charge < -0.3 is 38.3 Å². The maximum absolute atomic E-state index is 12.6. The number of nitrogens with one attached hydrogen (secondary N) is 3. The summed E-state index contributed by atoms with van der Waals surface area (Å²) in [5.41, 5.74) is 16.2. The highest BCUT2D eigenvalue weighted by atomic mass is 16.4. The molecule has 12 heteroatoms. The molecule has 0 aromatic rings. The van der Waals surface area contributed by atoms with Crippen molar-refractivity contribution in [2.24, 2.45) is 23.1 Å². The van der Waals surface area contributed by atoms with Gasteiger partial charge >= 0.3 is 5.97 Å². The Morgan fingerprint density at radius 1 is 0.935 bits per heavy atom. The monoisotopic (exact) mass is 444 g/mol.